The lowest BCUT2D eigenvalue weighted by atomic mass is 10.3. The van der Waals surface area contributed by atoms with Crippen LogP contribution in [0.2, 0.25) is 0 Å². The molecule has 1 aromatic carbocycles. The van der Waals surface area contributed by atoms with Gasteiger partial charge in [0.25, 0.3) is 5.69 Å². The van der Waals surface area contributed by atoms with Crippen LogP contribution in [-0.4, -0.2) is 56.3 Å². The summed E-state index contributed by atoms with van der Waals surface area (Å²) in [4.78, 5) is 12.6. The summed E-state index contributed by atoms with van der Waals surface area (Å²) in [6, 6.07) is 4.36. The number of nitrogens with zero attached hydrogens (tertiary/aromatic N) is 2. The van der Waals surface area contributed by atoms with Gasteiger partial charge in [0, 0.05) is 38.8 Å². The van der Waals surface area contributed by atoms with Gasteiger partial charge in [0.2, 0.25) is 0 Å². The number of hydrogen-bond donors (Lipinski definition) is 1. The van der Waals surface area contributed by atoms with Crippen LogP contribution in [0.4, 0.5) is 5.69 Å². The topological polar surface area (TPSA) is 76.9 Å². The molecule has 20 heavy (non-hydrogen) atoms. The molecule has 2 rings (SSSR count). The molecule has 1 aromatic rings. The molecule has 1 saturated heterocycles. The highest BCUT2D eigenvalue weighted by Gasteiger charge is 2.13. The van der Waals surface area contributed by atoms with Crippen LogP contribution in [0.5, 0.6) is 11.5 Å². The fourth-order valence-corrected chi connectivity index (χ4v) is 2.11. The lowest BCUT2D eigenvalue weighted by Gasteiger charge is -2.27. The largest absolute Gasteiger partial charge is 0.493 e. The van der Waals surface area contributed by atoms with Crippen LogP contribution >= 0.6 is 0 Å². The highest BCUT2D eigenvalue weighted by molar-refractivity contribution is 5.48. The Morgan fingerprint density at radius 2 is 2.10 bits per heavy atom. The lowest BCUT2D eigenvalue weighted by molar-refractivity contribution is -0.385. The number of nitro benzene ring substituents is 1. The smallest absolute Gasteiger partial charge is 0.273 e. The molecule has 0 aromatic heterocycles. The predicted molar refractivity (Wildman–Crippen MR) is 74.5 cm³/mol. The highest BCUT2D eigenvalue weighted by Crippen LogP contribution is 2.30. The molecule has 7 heteroatoms. The molecule has 0 bridgehead atoms. The van der Waals surface area contributed by atoms with Gasteiger partial charge in [-0.15, -0.1) is 0 Å². The van der Waals surface area contributed by atoms with E-state index in [0.717, 1.165) is 32.7 Å². The van der Waals surface area contributed by atoms with Crippen LogP contribution in [0.25, 0.3) is 0 Å². The third-order valence-corrected chi connectivity index (χ3v) is 3.23. The normalized spacial score (nSPS) is 15.8. The maximum atomic E-state index is 10.8. The van der Waals surface area contributed by atoms with Gasteiger partial charge in [-0.3, -0.25) is 15.0 Å². The van der Waals surface area contributed by atoms with Crippen LogP contribution < -0.4 is 14.8 Å². The van der Waals surface area contributed by atoms with Crippen molar-refractivity contribution in [1.29, 1.82) is 0 Å². The quantitative estimate of drug-likeness (QED) is 0.616. The Kier molecular flexibility index (Phi) is 5.14. The minimum Gasteiger partial charge on any atom is -0.493 e. The fraction of sp³-hybridized carbons (Fsp3) is 0.538. The molecule has 0 saturated carbocycles. The van der Waals surface area contributed by atoms with Crippen molar-refractivity contribution in [3.8, 4) is 11.5 Å². The molecule has 0 atom stereocenters. The molecule has 7 nitrogen and oxygen atoms in total. The van der Waals surface area contributed by atoms with Crippen LogP contribution in [0, 0.1) is 10.1 Å². The van der Waals surface area contributed by atoms with E-state index in [1.54, 1.807) is 6.07 Å². The van der Waals surface area contributed by atoms with E-state index in [2.05, 4.69) is 10.2 Å². The average molecular weight is 281 g/mol. The van der Waals surface area contributed by atoms with E-state index in [4.69, 9.17) is 9.47 Å². The van der Waals surface area contributed by atoms with E-state index < -0.39 is 4.92 Å². The summed E-state index contributed by atoms with van der Waals surface area (Å²) in [7, 11) is 1.52. The molecule has 1 aliphatic rings. The Bertz CT molecular complexity index is 461. The first-order valence-corrected chi connectivity index (χ1v) is 6.59. The number of non-ortho nitro benzene ring substituents is 1. The number of ether oxygens (including phenoxy) is 2. The Morgan fingerprint density at radius 1 is 1.35 bits per heavy atom. The number of methoxy groups -OCH3 is 1. The Labute approximate surface area is 117 Å². The summed E-state index contributed by atoms with van der Waals surface area (Å²) in [5.74, 6) is 0.924. The zero-order valence-corrected chi connectivity index (χ0v) is 11.5. The summed E-state index contributed by atoms with van der Waals surface area (Å²) in [5.41, 5.74) is 0.00275. The zero-order chi connectivity index (χ0) is 14.4. The molecule has 0 spiro atoms. The van der Waals surface area contributed by atoms with Gasteiger partial charge < -0.3 is 14.8 Å². The summed E-state index contributed by atoms with van der Waals surface area (Å²) in [6.07, 6.45) is 0. The average Bonchev–Trinajstić information content (AvgIpc) is 2.48. The summed E-state index contributed by atoms with van der Waals surface area (Å²) < 4.78 is 10.8. The minimum atomic E-state index is -0.442. The van der Waals surface area contributed by atoms with E-state index in [1.807, 2.05) is 0 Å². The molecule has 0 amide bonds. The van der Waals surface area contributed by atoms with Gasteiger partial charge in [-0.1, -0.05) is 0 Å². The molecule has 1 heterocycles. The third-order valence-electron chi connectivity index (χ3n) is 3.23. The second kappa shape index (κ2) is 7.06. The second-order valence-electron chi connectivity index (χ2n) is 4.53. The van der Waals surface area contributed by atoms with Crippen molar-refractivity contribution in [3.63, 3.8) is 0 Å². The Morgan fingerprint density at radius 3 is 2.75 bits per heavy atom. The second-order valence-corrected chi connectivity index (χ2v) is 4.53. The maximum absolute atomic E-state index is 10.8. The minimum absolute atomic E-state index is 0.00275. The van der Waals surface area contributed by atoms with E-state index in [-0.39, 0.29) is 5.69 Å². The van der Waals surface area contributed by atoms with Gasteiger partial charge in [-0.05, 0) is 6.07 Å². The molecule has 110 valence electrons. The van der Waals surface area contributed by atoms with Crippen molar-refractivity contribution in [2.24, 2.45) is 0 Å². The monoisotopic (exact) mass is 281 g/mol. The van der Waals surface area contributed by atoms with Crippen molar-refractivity contribution in [3.05, 3.63) is 28.3 Å². The molecule has 1 N–H and O–H groups in total. The molecular weight excluding hydrogens is 262 g/mol. The first-order chi connectivity index (χ1) is 9.70. The first-order valence-electron chi connectivity index (χ1n) is 6.59. The van der Waals surface area contributed by atoms with Crippen LogP contribution in [0.15, 0.2) is 18.2 Å². The van der Waals surface area contributed by atoms with Crippen LogP contribution in [0.1, 0.15) is 0 Å². The number of nitro groups is 1. The summed E-state index contributed by atoms with van der Waals surface area (Å²) in [6.45, 7) is 5.25. The van der Waals surface area contributed by atoms with Gasteiger partial charge >= 0.3 is 0 Å². The molecular formula is C13H19N3O4. The van der Waals surface area contributed by atoms with Crippen molar-refractivity contribution < 1.29 is 14.4 Å². The zero-order valence-electron chi connectivity index (χ0n) is 11.5. The Balaban J connectivity index is 1.93. The number of benzene rings is 1. The fourth-order valence-electron chi connectivity index (χ4n) is 2.11. The Hall–Kier alpha value is -1.86. The maximum Gasteiger partial charge on any atom is 0.273 e. The number of nitrogens with one attached hydrogen (secondary N) is 1. The van der Waals surface area contributed by atoms with Gasteiger partial charge in [0.15, 0.2) is 11.5 Å². The van der Waals surface area contributed by atoms with Crippen molar-refractivity contribution in [2.45, 2.75) is 0 Å². The number of rotatable bonds is 6. The van der Waals surface area contributed by atoms with Crippen molar-refractivity contribution >= 4 is 5.69 Å². The predicted octanol–water partition coefficient (Wildman–Crippen LogP) is 0.887. The van der Waals surface area contributed by atoms with Gasteiger partial charge in [-0.2, -0.15) is 0 Å². The third kappa shape index (κ3) is 3.82. The lowest BCUT2D eigenvalue weighted by Crippen LogP contribution is -2.44. The van der Waals surface area contributed by atoms with Gasteiger partial charge in [0.05, 0.1) is 18.1 Å². The molecule has 1 aliphatic heterocycles. The molecule has 0 aliphatic carbocycles. The summed E-state index contributed by atoms with van der Waals surface area (Å²) >= 11 is 0. The van der Waals surface area contributed by atoms with Crippen molar-refractivity contribution in [1.82, 2.24) is 10.2 Å². The standard InChI is InChI=1S/C13H19N3O4/c1-19-12-3-2-11(16(17)18)10-13(12)20-9-8-15-6-4-14-5-7-15/h2-3,10,14H,4-9H2,1H3. The van der Waals surface area contributed by atoms with Crippen LogP contribution in [-0.2, 0) is 0 Å². The molecule has 1 fully saturated rings. The summed E-state index contributed by atoms with van der Waals surface area (Å²) in [5, 5.41) is 14.1. The van der Waals surface area contributed by atoms with Crippen molar-refractivity contribution in [2.75, 3.05) is 46.4 Å². The number of piperazine rings is 1. The molecule has 0 radical (unpaired) electrons. The van der Waals surface area contributed by atoms with Gasteiger partial charge in [0.1, 0.15) is 6.61 Å². The number of hydrogen-bond acceptors (Lipinski definition) is 6. The highest BCUT2D eigenvalue weighted by atomic mass is 16.6. The van der Waals surface area contributed by atoms with E-state index in [0.29, 0.717) is 18.1 Å². The SMILES string of the molecule is COc1ccc([N+](=O)[O-])cc1OCCN1CCNCC1. The van der Waals surface area contributed by atoms with E-state index in [1.165, 1.54) is 19.2 Å². The first kappa shape index (κ1) is 14.5. The van der Waals surface area contributed by atoms with Gasteiger partial charge in [-0.25, -0.2) is 0 Å². The van der Waals surface area contributed by atoms with E-state index in [9.17, 15) is 10.1 Å². The van der Waals surface area contributed by atoms with Crippen LogP contribution in [0.3, 0.4) is 0 Å². The van der Waals surface area contributed by atoms with E-state index >= 15 is 0 Å². The molecule has 0 unspecified atom stereocenters.